The van der Waals surface area contributed by atoms with E-state index in [-0.39, 0.29) is 23.5 Å². The monoisotopic (exact) mass is 448 g/mol. The van der Waals surface area contributed by atoms with Crippen LogP contribution in [0.2, 0.25) is 0 Å². The fraction of sp³-hybridized carbons (Fsp3) is 0.143. The summed E-state index contributed by atoms with van der Waals surface area (Å²) in [7, 11) is 0. The molecule has 0 unspecified atom stereocenters. The number of benzene rings is 4. The van der Waals surface area contributed by atoms with Crippen LogP contribution >= 0.6 is 0 Å². The molecule has 0 amide bonds. The van der Waals surface area contributed by atoms with Crippen LogP contribution in [0.5, 0.6) is 11.5 Å². The maximum Gasteiger partial charge on any atom is 0.167 e. The van der Waals surface area contributed by atoms with Crippen molar-refractivity contribution in [3.63, 3.8) is 0 Å². The van der Waals surface area contributed by atoms with E-state index in [1.54, 1.807) is 67.6 Å². The summed E-state index contributed by atoms with van der Waals surface area (Å²) in [5, 5.41) is 0. The molecule has 0 bridgehead atoms. The molecule has 4 rings (SSSR count). The van der Waals surface area contributed by atoms with E-state index < -0.39 is 17.5 Å². The van der Waals surface area contributed by atoms with E-state index in [2.05, 4.69) is 0 Å². The first-order valence-corrected chi connectivity index (χ1v) is 10.7. The van der Waals surface area contributed by atoms with Crippen molar-refractivity contribution in [2.45, 2.75) is 20.5 Å². The third-order valence-corrected chi connectivity index (χ3v) is 5.31. The fourth-order valence-corrected chi connectivity index (χ4v) is 3.53. The second-order valence-electron chi connectivity index (χ2n) is 7.67. The highest BCUT2D eigenvalue weighted by molar-refractivity contribution is 5.72. The van der Waals surface area contributed by atoms with Gasteiger partial charge in [-0.05, 0) is 54.8 Å². The molecule has 0 aromatic heterocycles. The number of ether oxygens (including phenoxy) is 2. The Balaban J connectivity index is 1.48. The molecule has 0 N–H and O–H groups in total. The number of aryl methyl sites for hydroxylation is 1. The molecular formula is C28H23F3O2. The standard InChI is InChI=1S/C28H23F3O2/c1-3-32-26-15-6-19(16-25(26)29)17-33-22-11-9-21(10-12-22)24-14-13-23(27(30)28(24)31)20-7-4-18(2)5-8-20/h4-16H,3,17H2,1-2H3. The van der Waals surface area contributed by atoms with Gasteiger partial charge in [0.1, 0.15) is 12.4 Å². The summed E-state index contributed by atoms with van der Waals surface area (Å²) in [6.45, 7) is 4.28. The van der Waals surface area contributed by atoms with E-state index in [0.29, 0.717) is 29.0 Å². The summed E-state index contributed by atoms with van der Waals surface area (Å²) < 4.78 is 54.5. The maximum absolute atomic E-state index is 14.9. The maximum atomic E-state index is 14.9. The summed E-state index contributed by atoms with van der Waals surface area (Å²) in [6.07, 6.45) is 0. The first kappa shape index (κ1) is 22.5. The van der Waals surface area contributed by atoms with Crippen LogP contribution in [0.1, 0.15) is 18.1 Å². The van der Waals surface area contributed by atoms with Gasteiger partial charge in [0.2, 0.25) is 0 Å². The van der Waals surface area contributed by atoms with Crippen LogP contribution in [-0.2, 0) is 6.61 Å². The molecule has 0 aliphatic carbocycles. The molecule has 33 heavy (non-hydrogen) atoms. The number of hydrogen-bond acceptors (Lipinski definition) is 2. The molecule has 0 radical (unpaired) electrons. The van der Waals surface area contributed by atoms with Crippen molar-refractivity contribution in [3.05, 3.63) is 107 Å². The lowest BCUT2D eigenvalue weighted by atomic mass is 9.98. The smallest absolute Gasteiger partial charge is 0.167 e. The number of hydrogen-bond donors (Lipinski definition) is 0. The minimum Gasteiger partial charge on any atom is -0.491 e. The molecule has 2 nitrogen and oxygen atoms in total. The molecule has 0 fully saturated rings. The number of rotatable bonds is 7. The van der Waals surface area contributed by atoms with Crippen molar-refractivity contribution in [1.29, 1.82) is 0 Å². The van der Waals surface area contributed by atoms with Gasteiger partial charge in [-0.1, -0.05) is 60.2 Å². The summed E-state index contributed by atoms with van der Waals surface area (Å²) in [6, 6.07) is 21.8. The van der Waals surface area contributed by atoms with Crippen LogP contribution in [0.4, 0.5) is 13.2 Å². The summed E-state index contributed by atoms with van der Waals surface area (Å²) >= 11 is 0. The Labute approximate surface area is 191 Å². The van der Waals surface area contributed by atoms with Crippen LogP contribution in [-0.4, -0.2) is 6.61 Å². The van der Waals surface area contributed by atoms with Crippen LogP contribution in [0, 0.1) is 24.4 Å². The quantitative estimate of drug-likeness (QED) is 0.288. The van der Waals surface area contributed by atoms with Crippen molar-refractivity contribution in [3.8, 4) is 33.8 Å². The molecule has 0 heterocycles. The normalized spacial score (nSPS) is 10.8. The first-order chi connectivity index (χ1) is 16.0. The highest BCUT2D eigenvalue weighted by Crippen LogP contribution is 2.32. The average Bonchev–Trinajstić information content (AvgIpc) is 2.82. The highest BCUT2D eigenvalue weighted by atomic mass is 19.2. The summed E-state index contributed by atoms with van der Waals surface area (Å²) in [4.78, 5) is 0. The molecule has 4 aromatic rings. The van der Waals surface area contributed by atoms with Gasteiger partial charge >= 0.3 is 0 Å². The van der Waals surface area contributed by atoms with E-state index in [1.165, 1.54) is 6.07 Å². The fourth-order valence-electron chi connectivity index (χ4n) is 3.53. The minimum atomic E-state index is -0.897. The van der Waals surface area contributed by atoms with Gasteiger partial charge in [-0.15, -0.1) is 0 Å². The van der Waals surface area contributed by atoms with E-state index in [0.717, 1.165) is 5.56 Å². The molecule has 5 heteroatoms. The zero-order valence-corrected chi connectivity index (χ0v) is 18.4. The van der Waals surface area contributed by atoms with E-state index in [4.69, 9.17) is 9.47 Å². The average molecular weight is 448 g/mol. The molecule has 0 atom stereocenters. The van der Waals surface area contributed by atoms with Crippen LogP contribution in [0.15, 0.2) is 78.9 Å². The van der Waals surface area contributed by atoms with Gasteiger partial charge in [-0.2, -0.15) is 0 Å². The van der Waals surface area contributed by atoms with Gasteiger partial charge in [0.05, 0.1) is 6.61 Å². The predicted molar refractivity (Wildman–Crippen MR) is 124 cm³/mol. The Bertz CT molecular complexity index is 1250. The third kappa shape index (κ3) is 5.03. The molecule has 0 saturated heterocycles. The van der Waals surface area contributed by atoms with Gasteiger partial charge in [-0.3, -0.25) is 0 Å². The Hall–Kier alpha value is -3.73. The topological polar surface area (TPSA) is 18.5 Å². The van der Waals surface area contributed by atoms with E-state index in [1.807, 2.05) is 19.1 Å². The first-order valence-electron chi connectivity index (χ1n) is 10.7. The lowest BCUT2D eigenvalue weighted by Crippen LogP contribution is -1.99. The summed E-state index contributed by atoms with van der Waals surface area (Å²) in [5.41, 5.74) is 3.24. The van der Waals surface area contributed by atoms with Gasteiger partial charge in [0.15, 0.2) is 23.2 Å². The Morgan fingerprint density at radius 2 is 1.24 bits per heavy atom. The third-order valence-electron chi connectivity index (χ3n) is 5.31. The highest BCUT2D eigenvalue weighted by Gasteiger charge is 2.16. The van der Waals surface area contributed by atoms with E-state index in [9.17, 15) is 13.2 Å². The number of halogens is 3. The lowest BCUT2D eigenvalue weighted by molar-refractivity contribution is 0.302. The molecule has 168 valence electrons. The Morgan fingerprint density at radius 1 is 0.667 bits per heavy atom. The van der Waals surface area contributed by atoms with Gasteiger partial charge in [0.25, 0.3) is 0 Å². The molecule has 0 saturated carbocycles. The van der Waals surface area contributed by atoms with Crippen LogP contribution in [0.3, 0.4) is 0 Å². The molecule has 0 aliphatic heterocycles. The van der Waals surface area contributed by atoms with Gasteiger partial charge in [0, 0.05) is 11.1 Å². The van der Waals surface area contributed by atoms with Crippen LogP contribution in [0.25, 0.3) is 22.3 Å². The van der Waals surface area contributed by atoms with Gasteiger partial charge in [-0.25, -0.2) is 13.2 Å². The lowest BCUT2D eigenvalue weighted by Gasteiger charge is -2.11. The molecule has 4 aromatic carbocycles. The zero-order chi connectivity index (χ0) is 23.4. The van der Waals surface area contributed by atoms with E-state index >= 15 is 0 Å². The largest absolute Gasteiger partial charge is 0.491 e. The molecular weight excluding hydrogens is 425 g/mol. The zero-order valence-electron chi connectivity index (χ0n) is 18.4. The van der Waals surface area contributed by atoms with Crippen LogP contribution < -0.4 is 9.47 Å². The second kappa shape index (κ2) is 9.82. The SMILES string of the molecule is CCOc1ccc(COc2ccc(-c3ccc(-c4ccc(C)cc4)c(F)c3F)cc2)cc1F. The Kier molecular flexibility index (Phi) is 6.68. The molecule has 0 spiro atoms. The van der Waals surface area contributed by atoms with Gasteiger partial charge < -0.3 is 9.47 Å². The van der Waals surface area contributed by atoms with Crippen molar-refractivity contribution < 1.29 is 22.6 Å². The minimum absolute atomic E-state index is 0.164. The second-order valence-corrected chi connectivity index (χ2v) is 7.67. The Morgan fingerprint density at radius 3 is 1.79 bits per heavy atom. The molecule has 0 aliphatic rings. The van der Waals surface area contributed by atoms with Crippen molar-refractivity contribution in [1.82, 2.24) is 0 Å². The van der Waals surface area contributed by atoms with Crippen molar-refractivity contribution in [2.24, 2.45) is 0 Å². The summed E-state index contributed by atoms with van der Waals surface area (Å²) in [5.74, 6) is -1.49. The predicted octanol–water partition coefficient (Wildman–Crippen LogP) is 7.72. The van der Waals surface area contributed by atoms with Crippen molar-refractivity contribution >= 4 is 0 Å². The van der Waals surface area contributed by atoms with Crippen molar-refractivity contribution in [2.75, 3.05) is 6.61 Å².